The number of hydrogen-bond donors (Lipinski definition) is 2. The summed E-state index contributed by atoms with van der Waals surface area (Å²) in [5.74, 6) is 1.51. The summed E-state index contributed by atoms with van der Waals surface area (Å²) in [5, 5.41) is 16.8. The predicted octanol–water partition coefficient (Wildman–Crippen LogP) is 2.77. The molecule has 0 bridgehead atoms. The molecule has 4 nitrogen and oxygen atoms in total. The van der Waals surface area contributed by atoms with Crippen LogP contribution in [0.2, 0.25) is 0 Å². The summed E-state index contributed by atoms with van der Waals surface area (Å²) in [6.45, 7) is 10.2. The van der Waals surface area contributed by atoms with Gasteiger partial charge in [-0.1, -0.05) is 13.8 Å². The van der Waals surface area contributed by atoms with E-state index in [2.05, 4.69) is 24.3 Å². The van der Waals surface area contributed by atoms with Gasteiger partial charge < -0.3 is 10.4 Å². The minimum atomic E-state index is -0.0417. The monoisotopic (exact) mass is 281 g/mol. The molecule has 2 N–H and O–H groups in total. The highest BCUT2D eigenvalue weighted by atomic mass is 16.3. The van der Waals surface area contributed by atoms with Gasteiger partial charge in [0.1, 0.15) is 0 Å². The Morgan fingerprint density at radius 1 is 1.35 bits per heavy atom. The summed E-state index contributed by atoms with van der Waals surface area (Å²) < 4.78 is 1.95. The minimum Gasteiger partial charge on any atom is -0.391 e. The van der Waals surface area contributed by atoms with Gasteiger partial charge in [0.05, 0.1) is 11.8 Å². The summed E-state index contributed by atoms with van der Waals surface area (Å²) in [5.41, 5.74) is 1.09. The number of aryl methyl sites for hydroxylation is 1. The average Bonchev–Trinajstić information content (AvgIpc) is 2.97. The molecule has 2 aliphatic carbocycles. The van der Waals surface area contributed by atoms with Crippen LogP contribution in [0.25, 0.3) is 0 Å². The molecule has 1 aromatic rings. The molecule has 1 aromatic heterocycles. The quantitative estimate of drug-likeness (QED) is 0.876. The van der Waals surface area contributed by atoms with Crippen LogP contribution in [-0.4, -0.2) is 34.1 Å². The van der Waals surface area contributed by atoms with Crippen molar-refractivity contribution in [2.75, 3.05) is 7.05 Å². The zero-order valence-electron chi connectivity index (χ0n) is 13.8. The summed E-state index contributed by atoms with van der Waals surface area (Å²) >= 11 is 0. The summed E-state index contributed by atoms with van der Waals surface area (Å²) in [7, 11) is 1.93. The number of hydrogen-bond acceptors (Lipinski definition) is 3. The molecule has 4 atom stereocenters. The number of aliphatic hydroxyl groups excluding tert-OH is 1. The maximum atomic E-state index is 9.44. The van der Waals surface area contributed by atoms with Gasteiger partial charge in [-0.05, 0) is 58.6 Å². The van der Waals surface area contributed by atoms with Gasteiger partial charge >= 0.3 is 0 Å². The van der Waals surface area contributed by atoms with Gasteiger partial charge in [-0.25, -0.2) is 0 Å². The predicted molar refractivity (Wildman–Crippen MR) is 83.8 cm³/mol. The van der Waals surface area contributed by atoms with Crippen LogP contribution in [0.3, 0.4) is 0 Å². The van der Waals surface area contributed by atoms with Crippen molar-refractivity contribution in [1.29, 1.82) is 0 Å². The van der Waals surface area contributed by atoms with E-state index in [4.69, 9.17) is 0 Å². The minimum absolute atomic E-state index is 0.0417. The molecular weight excluding hydrogens is 250 g/mol. The first-order chi connectivity index (χ1) is 9.52. The molecule has 0 amide bonds. The second-order valence-electron chi connectivity index (χ2n) is 5.81. The van der Waals surface area contributed by atoms with Crippen LogP contribution in [0, 0.1) is 18.8 Å². The van der Waals surface area contributed by atoms with Crippen molar-refractivity contribution in [1.82, 2.24) is 15.1 Å². The molecule has 20 heavy (non-hydrogen) atoms. The number of aromatic nitrogens is 2. The van der Waals surface area contributed by atoms with Crippen LogP contribution in [0.5, 0.6) is 0 Å². The Hall–Kier alpha value is -0.870. The van der Waals surface area contributed by atoms with Gasteiger partial charge in [0.15, 0.2) is 0 Å². The van der Waals surface area contributed by atoms with Crippen LogP contribution in [0.1, 0.15) is 52.3 Å². The van der Waals surface area contributed by atoms with E-state index in [-0.39, 0.29) is 6.10 Å². The zero-order valence-corrected chi connectivity index (χ0v) is 13.8. The fraction of sp³-hybridized carbons (Fsp3) is 0.812. The Morgan fingerprint density at radius 2 is 2.00 bits per heavy atom. The third kappa shape index (κ3) is 4.32. The van der Waals surface area contributed by atoms with Gasteiger partial charge in [-0.3, -0.25) is 4.68 Å². The first kappa shape index (κ1) is 17.2. The van der Waals surface area contributed by atoms with E-state index < -0.39 is 0 Å². The molecule has 4 unspecified atom stereocenters. The highest BCUT2D eigenvalue weighted by Gasteiger charge is 2.52. The third-order valence-electron chi connectivity index (χ3n) is 4.03. The summed E-state index contributed by atoms with van der Waals surface area (Å²) in [6, 6.07) is 2.90. The highest BCUT2D eigenvalue weighted by Crippen LogP contribution is 2.51. The number of aliphatic hydroxyl groups is 1. The molecule has 0 saturated heterocycles. The lowest BCUT2D eigenvalue weighted by Crippen LogP contribution is -2.35. The van der Waals surface area contributed by atoms with Crippen LogP contribution >= 0.6 is 0 Å². The van der Waals surface area contributed by atoms with E-state index in [0.29, 0.717) is 18.0 Å². The third-order valence-corrected chi connectivity index (χ3v) is 4.03. The lowest BCUT2D eigenvalue weighted by molar-refractivity contribution is 0.129. The van der Waals surface area contributed by atoms with E-state index in [1.165, 1.54) is 12.8 Å². The molecule has 0 aliphatic heterocycles. The maximum absolute atomic E-state index is 9.44. The molecule has 2 aliphatic rings. The van der Waals surface area contributed by atoms with Crippen LogP contribution in [0.15, 0.2) is 12.3 Å². The van der Waals surface area contributed by atoms with Gasteiger partial charge in [0.25, 0.3) is 0 Å². The Balaban J connectivity index is 0.000000178. The molecule has 2 fully saturated rings. The molecule has 3 rings (SSSR count). The molecule has 0 aromatic carbocycles. The second-order valence-corrected chi connectivity index (χ2v) is 5.81. The largest absolute Gasteiger partial charge is 0.391 e. The van der Waals surface area contributed by atoms with Gasteiger partial charge in [0.2, 0.25) is 0 Å². The second kappa shape index (κ2) is 7.79. The van der Waals surface area contributed by atoms with Crippen LogP contribution in [0.4, 0.5) is 0 Å². The number of nitrogens with zero attached hydrogens (tertiary/aromatic N) is 2. The highest BCUT2D eigenvalue weighted by molar-refractivity contribution is 5.04. The van der Waals surface area contributed by atoms with Crippen molar-refractivity contribution in [3.8, 4) is 0 Å². The topological polar surface area (TPSA) is 50.1 Å². The van der Waals surface area contributed by atoms with E-state index >= 15 is 0 Å². The van der Waals surface area contributed by atoms with Crippen molar-refractivity contribution in [2.45, 2.75) is 65.6 Å². The Kier molecular flexibility index (Phi) is 6.69. The molecule has 1 heterocycles. The van der Waals surface area contributed by atoms with Crippen LogP contribution < -0.4 is 5.32 Å². The van der Waals surface area contributed by atoms with Crippen molar-refractivity contribution in [3.05, 3.63) is 18.0 Å². The van der Waals surface area contributed by atoms with Crippen molar-refractivity contribution in [3.63, 3.8) is 0 Å². The van der Waals surface area contributed by atoms with Crippen molar-refractivity contribution < 1.29 is 5.11 Å². The SMILES string of the molecule is CC.CNC1CC2CC2C1O.Cc1ccn(C(C)C)n1. The molecular formula is C16H31N3O. The molecule has 2 saturated carbocycles. The van der Waals surface area contributed by atoms with Gasteiger partial charge in [0, 0.05) is 18.3 Å². The molecule has 116 valence electrons. The lowest BCUT2D eigenvalue weighted by Gasteiger charge is -2.15. The zero-order chi connectivity index (χ0) is 15.3. The maximum Gasteiger partial charge on any atom is 0.0724 e. The fourth-order valence-corrected chi connectivity index (χ4v) is 2.73. The first-order valence-electron chi connectivity index (χ1n) is 7.90. The number of rotatable bonds is 2. The Labute approximate surface area is 123 Å². The Bertz CT molecular complexity index is 389. The van der Waals surface area contributed by atoms with Crippen molar-refractivity contribution in [2.24, 2.45) is 11.8 Å². The summed E-state index contributed by atoms with van der Waals surface area (Å²) in [4.78, 5) is 0. The summed E-state index contributed by atoms with van der Waals surface area (Å²) in [6.07, 6.45) is 4.43. The lowest BCUT2D eigenvalue weighted by atomic mass is 10.1. The van der Waals surface area contributed by atoms with Crippen molar-refractivity contribution >= 4 is 0 Å². The van der Waals surface area contributed by atoms with E-state index in [1.54, 1.807) is 0 Å². The number of nitrogens with one attached hydrogen (secondary N) is 1. The van der Waals surface area contributed by atoms with Gasteiger partial charge in [-0.2, -0.15) is 5.10 Å². The molecule has 0 radical (unpaired) electrons. The average molecular weight is 281 g/mol. The Morgan fingerprint density at radius 3 is 2.25 bits per heavy atom. The van der Waals surface area contributed by atoms with Gasteiger partial charge in [-0.15, -0.1) is 0 Å². The number of likely N-dealkylation sites (N-methyl/N-ethyl adjacent to an activating group) is 1. The smallest absolute Gasteiger partial charge is 0.0724 e. The first-order valence-corrected chi connectivity index (χ1v) is 7.90. The van der Waals surface area contributed by atoms with E-state index in [1.807, 2.05) is 44.8 Å². The number of fused-ring (bicyclic) bond motifs is 1. The van der Waals surface area contributed by atoms with E-state index in [9.17, 15) is 5.11 Å². The molecule has 0 spiro atoms. The van der Waals surface area contributed by atoms with E-state index in [0.717, 1.165) is 11.6 Å². The standard InChI is InChI=1S/C7H12N2.C7H13NO.C2H6/c1-6(2)9-5-4-7(3)8-9;1-8-6-3-4-2-5(4)7(6)9;1-2/h4-6H,1-3H3;4-9H,2-3H2,1H3;1-2H3. The fourth-order valence-electron chi connectivity index (χ4n) is 2.73. The molecule has 4 heteroatoms. The van der Waals surface area contributed by atoms with Crippen LogP contribution in [-0.2, 0) is 0 Å². The normalized spacial score (nSPS) is 30.0.